The van der Waals surface area contributed by atoms with Crippen LogP contribution in [0.15, 0.2) is 35.4 Å². The summed E-state index contributed by atoms with van der Waals surface area (Å²) in [5.74, 6) is -0.538. The van der Waals surface area contributed by atoms with Crippen LogP contribution in [0.5, 0.6) is 0 Å². The van der Waals surface area contributed by atoms with Gasteiger partial charge in [-0.25, -0.2) is 15.0 Å². The molecule has 0 radical (unpaired) electrons. The minimum atomic E-state index is -0.847. The van der Waals surface area contributed by atoms with Gasteiger partial charge in [0, 0.05) is 18.1 Å². The van der Waals surface area contributed by atoms with Crippen LogP contribution in [0.4, 0.5) is 0 Å². The van der Waals surface area contributed by atoms with Gasteiger partial charge >= 0.3 is 0 Å². The monoisotopic (exact) mass is 324 g/mol. The molecule has 1 aliphatic heterocycles. The van der Waals surface area contributed by atoms with Gasteiger partial charge in [0.2, 0.25) is 0 Å². The van der Waals surface area contributed by atoms with Crippen LogP contribution >= 0.6 is 11.6 Å². The SMILES string of the molecule is CN1COCN(C(=O)/C=C/c2ccc(Cl)cc2)/C1=N/[N+](=O)[O-]. The molecule has 22 heavy (non-hydrogen) atoms. The summed E-state index contributed by atoms with van der Waals surface area (Å²) in [5.41, 5.74) is 0.775. The molecule has 1 aromatic carbocycles. The van der Waals surface area contributed by atoms with E-state index in [0.29, 0.717) is 5.02 Å². The molecule has 0 unspecified atom stereocenters. The fourth-order valence-corrected chi connectivity index (χ4v) is 1.91. The predicted octanol–water partition coefficient (Wildman–Crippen LogP) is 1.61. The minimum Gasteiger partial charge on any atom is -0.340 e. The molecular formula is C13H13ClN4O4. The second kappa shape index (κ2) is 7.01. The van der Waals surface area contributed by atoms with Crippen molar-refractivity contribution in [3.63, 3.8) is 0 Å². The van der Waals surface area contributed by atoms with Crippen LogP contribution in [-0.2, 0) is 9.53 Å². The number of guanidine groups is 1. The summed E-state index contributed by atoms with van der Waals surface area (Å²) in [6.45, 7) is 0.0259. The average Bonchev–Trinajstić information content (AvgIpc) is 2.48. The maximum Gasteiger partial charge on any atom is 0.284 e. The summed E-state index contributed by atoms with van der Waals surface area (Å²) in [5, 5.41) is 13.5. The summed E-state index contributed by atoms with van der Waals surface area (Å²) in [4.78, 5) is 25.2. The number of amides is 1. The first-order chi connectivity index (χ1) is 10.5. The summed E-state index contributed by atoms with van der Waals surface area (Å²) in [6.07, 6.45) is 2.87. The number of hydrogen-bond donors (Lipinski definition) is 0. The molecule has 0 bridgehead atoms. The molecule has 0 atom stereocenters. The van der Waals surface area contributed by atoms with Gasteiger partial charge in [-0.1, -0.05) is 23.7 Å². The van der Waals surface area contributed by atoms with Crippen molar-refractivity contribution in [2.24, 2.45) is 5.10 Å². The second-order valence-electron chi connectivity index (χ2n) is 4.45. The van der Waals surface area contributed by atoms with Crippen molar-refractivity contribution >= 4 is 29.5 Å². The molecule has 8 nitrogen and oxygen atoms in total. The zero-order chi connectivity index (χ0) is 16.1. The smallest absolute Gasteiger partial charge is 0.284 e. The highest BCUT2D eigenvalue weighted by Crippen LogP contribution is 2.12. The minimum absolute atomic E-state index is 0.0676. The molecule has 0 N–H and O–H groups in total. The quantitative estimate of drug-likeness (QED) is 0.479. The Morgan fingerprint density at radius 2 is 2.09 bits per heavy atom. The third kappa shape index (κ3) is 4.03. The maximum absolute atomic E-state index is 12.2. The van der Waals surface area contributed by atoms with Gasteiger partial charge in [0.15, 0.2) is 5.03 Å². The number of hydrazone groups is 1. The van der Waals surface area contributed by atoms with Gasteiger partial charge in [-0.2, -0.15) is 0 Å². The van der Waals surface area contributed by atoms with E-state index in [2.05, 4.69) is 5.10 Å². The number of halogens is 1. The number of hydrogen-bond acceptors (Lipinski definition) is 4. The van der Waals surface area contributed by atoms with E-state index in [1.807, 2.05) is 0 Å². The van der Waals surface area contributed by atoms with Crippen LogP contribution in [-0.4, -0.2) is 47.2 Å². The van der Waals surface area contributed by atoms with E-state index in [9.17, 15) is 14.9 Å². The highest BCUT2D eigenvalue weighted by molar-refractivity contribution is 6.30. The standard InChI is InChI=1S/C13H13ClN4O4/c1-16-8-22-9-17(13(16)15-18(20)21)12(19)7-4-10-2-5-11(14)6-3-10/h2-7H,8-9H2,1H3/b7-4+,15-13+. The zero-order valence-corrected chi connectivity index (χ0v) is 12.4. The number of ether oxygens (including phenoxy) is 1. The molecule has 0 aromatic heterocycles. The van der Waals surface area contributed by atoms with Crippen LogP contribution in [0.2, 0.25) is 5.02 Å². The van der Waals surface area contributed by atoms with E-state index in [-0.39, 0.29) is 19.4 Å². The van der Waals surface area contributed by atoms with Crippen LogP contribution in [0.3, 0.4) is 0 Å². The van der Waals surface area contributed by atoms with Gasteiger partial charge in [0.05, 0.1) is 0 Å². The highest BCUT2D eigenvalue weighted by atomic mass is 35.5. The molecule has 1 saturated heterocycles. The number of benzene rings is 1. The molecule has 0 aliphatic carbocycles. The molecule has 1 aliphatic rings. The summed E-state index contributed by atoms with van der Waals surface area (Å²) < 4.78 is 5.17. The first-order valence-corrected chi connectivity index (χ1v) is 6.62. The first-order valence-electron chi connectivity index (χ1n) is 6.24. The summed E-state index contributed by atoms with van der Waals surface area (Å²) >= 11 is 5.78. The Morgan fingerprint density at radius 1 is 1.41 bits per heavy atom. The van der Waals surface area contributed by atoms with Crippen molar-refractivity contribution in [2.45, 2.75) is 0 Å². The molecule has 1 fully saturated rings. The van der Waals surface area contributed by atoms with Gasteiger partial charge < -0.3 is 9.64 Å². The van der Waals surface area contributed by atoms with Crippen LogP contribution in [0, 0.1) is 10.1 Å². The largest absolute Gasteiger partial charge is 0.340 e. The lowest BCUT2D eigenvalue weighted by Gasteiger charge is -2.32. The molecule has 116 valence electrons. The van der Waals surface area contributed by atoms with Gasteiger partial charge in [-0.15, -0.1) is 0 Å². The van der Waals surface area contributed by atoms with Gasteiger partial charge in [0.1, 0.15) is 18.6 Å². The Labute approximate surface area is 131 Å². The predicted molar refractivity (Wildman–Crippen MR) is 80.3 cm³/mol. The number of nitro groups is 1. The topological polar surface area (TPSA) is 88.3 Å². The number of nitrogens with zero attached hydrogens (tertiary/aromatic N) is 4. The number of carbonyl (C=O) groups excluding carboxylic acids is 1. The Morgan fingerprint density at radius 3 is 2.73 bits per heavy atom. The van der Waals surface area contributed by atoms with Crippen molar-refractivity contribution in [1.82, 2.24) is 9.80 Å². The van der Waals surface area contributed by atoms with E-state index in [1.165, 1.54) is 11.0 Å². The van der Waals surface area contributed by atoms with E-state index in [0.717, 1.165) is 10.5 Å². The van der Waals surface area contributed by atoms with E-state index in [4.69, 9.17) is 16.3 Å². The maximum atomic E-state index is 12.2. The van der Waals surface area contributed by atoms with Gasteiger partial charge in [0.25, 0.3) is 11.9 Å². The fraction of sp³-hybridized carbons (Fsp3) is 0.231. The fourth-order valence-electron chi connectivity index (χ4n) is 1.79. The molecule has 1 amide bonds. The van der Waals surface area contributed by atoms with Crippen LogP contribution in [0.25, 0.3) is 6.08 Å². The Balaban J connectivity index is 2.15. The second-order valence-corrected chi connectivity index (χ2v) is 4.89. The molecule has 1 heterocycles. The molecule has 0 spiro atoms. The lowest BCUT2D eigenvalue weighted by Crippen LogP contribution is -2.52. The van der Waals surface area contributed by atoms with Gasteiger partial charge in [-0.3, -0.25) is 4.79 Å². The molecule has 1 aromatic rings. The third-order valence-corrected chi connectivity index (χ3v) is 3.07. The lowest BCUT2D eigenvalue weighted by atomic mass is 10.2. The Bertz CT molecular complexity index is 629. The molecule has 2 rings (SSSR count). The van der Waals surface area contributed by atoms with Crippen molar-refractivity contribution in [3.8, 4) is 0 Å². The van der Waals surface area contributed by atoms with Crippen molar-refractivity contribution in [3.05, 3.63) is 51.0 Å². The number of rotatable bonds is 3. The normalized spacial score (nSPS) is 17.3. The van der Waals surface area contributed by atoms with E-state index >= 15 is 0 Å². The first kappa shape index (κ1) is 15.9. The highest BCUT2D eigenvalue weighted by Gasteiger charge is 2.28. The molecule has 0 saturated carbocycles. The zero-order valence-electron chi connectivity index (χ0n) is 11.7. The van der Waals surface area contributed by atoms with Crippen molar-refractivity contribution < 1.29 is 14.6 Å². The van der Waals surface area contributed by atoms with E-state index < -0.39 is 10.9 Å². The van der Waals surface area contributed by atoms with Crippen LogP contribution < -0.4 is 0 Å². The average molecular weight is 325 g/mol. The lowest BCUT2D eigenvalue weighted by molar-refractivity contribution is -0.486. The Kier molecular flexibility index (Phi) is 5.08. The van der Waals surface area contributed by atoms with Crippen molar-refractivity contribution in [1.29, 1.82) is 0 Å². The third-order valence-electron chi connectivity index (χ3n) is 2.81. The van der Waals surface area contributed by atoms with E-state index in [1.54, 1.807) is 37.4 Å². The summed E-state index contributed by atoms with van der Waals surface area (Å²) in [7, 11) is 1.55. The Hall–Kier alpha value is -2.45. The van der Waals surface area contributed by atoms with Gasteiger partial charge in [-0.05, 0) is 23.8 Å². The molecular weight excluding hydrogens is 312 g/mol. The summed E-state index contributed by atoms with van der Waals surface area (Å²) in [6, 6.07) is 6.89. The van der Waals surface area contributed by atoms with Crippen molar-refractivity contribution in [2.75, 3.05) is 20.5 Å². The number of carbonyl (C=O) groups is 1. The molecule has 9 heteroatoms. The van der Waals surface area contributed by atoms with Crippen LogP contribution in [0.1, 0.15) is 5.56 Å².